The zero-order chi connectivity index (χ0) is 23.2. The first-order valence-electron chi connectivity index (χ1n) is 10.9. The summed E-state index contributed by atoms with van der Waals surface area (Å²) in [5.41, 5.74) is 15.0. The molecule has 0 aliphatic carbocycles. The molecule has 3 aromatic heterocycles. The number of rotatable bonds is 3. The molecule has 34 heavy (non-hydrogen) atoms. The fourth-order valence-corrected chi connectivity index (χ4v) is 4.59. The fourth-order valence-electron chi connectivity index (χ4n) is 4.46. The number of benzene rings is 3. The Bertz CT molecular complexity index is 1670. The van der Waals surface area contributed by atoms with E-state index < -0.39 is 0 Å². The first kappa shape index (κ1) is 20.4. The van der Waals surface area contributed by atoms with Gasteiger partial charge in [-0.2, -0.15) is 0 Å². The molecule has 6 rings (SSSR count). The van der Waals surface area contributed by atoms with Crippen LogP contribution in [0.1, 0.15) is 5.56 Å². The van der Waals surface area contributed by atoms with E-state index in [4.69, 9.17) is 22.3 Å². The minimum absolute atomic E-state index is 0.399. The minimum atomic E-state index is 0.399. The van der Waals surface area contributed by atoms with E-state index in [1.807, 2.05) is 42.5 Å². The Balaban J connectivity index is 1.75. The molecule has 0 unspecified atom stereocenters. The smallest absolute Gasteiger partial charge is 0.165 e. The summed E-state index contributed by atoms with van der Waals surface area (Å²) in [6.07, 6.45) is 1.46. The van der Waals surface area contributed by atoms with Crippen LogP contribution in [-0.4, -0.2) is 19.9 Å². The van der Waals surface area contributed by atoms with E-state index in [9.17, 15) is 0 Å². The molecule has 3 aromatic carbocycles. The third-order valence-electron chi connectivity index (χ3n) is 6.06. The van der Waals surface area contributed by atoms with Crippen molar-refractivity contribution < 1.29 is 0 Å². The number of nitrogens with zero attached hydrogens (tertiary/aromatic N) is 3. The van der Waals surface area contributed by atoms with Gasteiger partial charge < -0.3 is 10.7 Å². The van der Waals surface area contributed by atoms with Crippen molar-refractivity contribution in [3.63, 3.8) is 0 Å². The number of pyridine rings is 1. The fraction of sp³-hybridized carbons (Fsp3) is 0.0357. The van der Waals surface area contributed by atoms with Crippen molar-refractivity contribution in [2.45, 2.75) is 6.92 Å². The highest BCUT2D eigenvalue weighted by Crippen LogP contribution is 2.43. The summed E-state index contributed by atoms with van der Waals surface area (Å²) in [7, 11) is 0. The average Bonchev–Trinajstić information content (AvgIpc) is 3.23. The molecule has 0 radical (unpaired) electrons. The lowest BCUT2D eigenvalue weighted by Gasteiger charge is -2.13. The Morgan fingerprint density at radius 2 is 1.65 bits per heavy atom. The molecule has 6 aromatic rings. The lowest BCUT2D eigenvalue weighted by molar-refractivity contribution is 1.19. The van der Waals surface area contributed by atoms with Gasteiger partial charge in [0.15, 0.2) is 5.65 Å². The molecule has 0 spiro atoms. The topological polar surface area (TPSA) is 80.5 Å². The zero-order valence-electron chi connectivity index (χ0n) is 18.4. The second-order valence-corrected chi connectivity index (χ2v) is 8.75. The standard InChI is InChI=1S/C28H20ClN5/c1-16-7-12-22-20(13-16)24(26(33-22)18-5-3-2-4-6-18)21-14-23(17-8-10-19(29)11-9-17)34-28-25(21)27(30)31-15-32-28/h2-15,33H,1H3,(H2,30,31,32,34). The molecule has 6 heteroatoms. The molecule has 0 saturated heterocycles. The lowest BCUT2D eigenvalue weighted by Crippen LogP contribution is -1.99. The van der Waals surface area contributed by atoms with Crippen molar-refractivity contribution in [3.8, 4) is 33.6 Å². The van der Waals surface area contributed by atoms with Gasteiger partial charge >= 0.3 is 0 Å². The number of nitrogens with one attached hydrogen (secondary N) is 1. The van der Waals surface area contributed by atoms with Crippen LogP contribution in [0.4, 0.5) is 5.82 Å². The summed E-state index contributed by atoms with van der Waals surface area (Å²) in [4.78, 5) is 17.2. The van der Waals surface area contributed by atoms with Crippen LogP contribution in [0.3, 0.4) is 0 Å². The number of halogens is 1. The molecule has 0 fully saturated rings. The summed E-state index contributed by atoms with van der Waals surface area (Å²) in [5.74, 6) is 0.399. The quantitative estimate of drug-likeness (QED) is 0.296. The Labute approximate surface area is 201 Å². The number of hydrogen-bond acceptors (Lipinski definition) is 4. The maximum Gasteiger partial charge on any atom is 0.165 e. The van der Waals surface area contributed by atoms with Crippen LogP contribution in [0, 0.1) is 6.92 Å². The molecular formula is C28H20ClN5. The van der Waals surface area contributed by atoms with E-state index in [0.29, 0.717) is 16.5 Å². The number of H-pyrrole nitrogens is 1. The van der Waals surface area contributed by atoms with Crippen LogP contribution in [-0.2, 0) is 0 Å². The number of aromatic amines is 1. The van der Waals surface area contributed by atoms with E-state index >= 15 is 0 Å². The molecule has 3 heterocycles. The number of fused-ring (bicyclic) bond motifs is 2. The van der Waals surface area contributed by atoms with Gasteiger partial charge in [-0.3, -0.25) is 0 Å². The predicted octanol–water partition coefficient (Wildman–Crippen LogP) is 7.05. The maximum absolute atomic E-state index is 6.42. The molecule has 164 valence electrons. The van der Waals surface area contributed by atoms with Crippen LogP contribution in [0.25, 0.3) is 55.6 Å². The molecule has 0 bridgehead atoms. The molecule has 0 aliphatic heterocycles. The van der Waals surface area contributed by atoms with Crippen molar-refractivity contribution >= 4 is 39.4 Å². The number of nitrogen functional groups attached to an aromatic ring is 1. The van der Waals surface area contributed by atoms with Crippen molar-refractivity contribution in [3.05, 3.63) is 95.8 Å². The Hall–Kier alpha value is -4.22. The molecule has 0 saturated carbocycles. The Kier molecular flexibility index (Phi) is 4.78. The van der Waals surface area contributed by atoms with Crippen molar-refractivity contribution in [1.29, 1.82) is 0 Å². The molecule has 0 aliphatic rings. The SMILES string of the molecule is Cc1ccc2[nH]c(-c3ccccc3)c(-c3cc(-c4ccc(Cl)cc4)nc4ncnc(N)c34)c2c1. The van der Waals surface area contributed by atoms with E-state index in [1.54, 1.807) is 0 Å². The molecule has 0 amide bonds. The van der Waals surface area contributed by atoms with Crippen molar-refractivity contribution in [2.75, 3.05) is 5.73 Å². The Morgan fingerprint density at radius 1 is 0.853 bits per heavy atom. The monoisotopic (exact) mass is 461 g/mol. The van der Waals surface area contributed by atoms with E-state index in [0.717, 1.165) is 49.9 Å². The summed E-state index contributed by atoms with van der Waals surface area (Å²) < 4.78 is 0. The number of hydrogen-bond donors (Lipinski definition) is 2. The second kappa shape index (κ2) is 7.97. The van der Waals surface area contributed by atoms with Gasteiger partial charge in [-0.05, 0) is 42.8 Å². The molecule has 3 N–H and O–H groups in total. The first-order chi connectivity index (χ1) is 16.6. The third-order valence-corrected chi connectivity index (χ3v) is 6.31. The van der Waals surface area contributed by atoms with E-state index in [1.165, 1.54) is 11.9 Å². The van der Waals surface area contributed by atoms with Gasteiger partial charge in [0.25, 0.3) is 0 Å². The van der Waals surface area contributed by atoms with Gasteiger partial charge in [-0.1, -0.05) is 65.7 Å². The van der Waals surface area contributed by atoms with Crippen LogP contribution < -0.4 is 5.73 Å². The van der Waals surface area contributed by atoms with Gasteiger partial charge in [0.1, 0.15) is 12.1 Å². The van der Waals surface area contributed by atoms with Crippen LogP contribution in [0.2, 0.25) is 5.02 Å². The third kappa shape index (κ3) is 3.38. The summed E-state index contributed by atoms with van der Waals surface area (Å²) in [5, 5.41) is 2.52. The number of aromatic nitrogens is 4. The summed E-state index contributed by atoms with van der Waals surface area (Å²) >= 11 is 6.13. The van der Waals surface area contributed by atoms with Crippen LogP contribution in [0.15, 0.2) is 85.2 Å². The second-order valence-electron chi connectivity index (χ2n) is 8.31. The van der Waals surface area contributed by atoms with Crippen molar-refractivity contribution in [2.24, 2.45) is 0 Å². The molecule has 5 nitrogen and oxygen atoms in total. The Morgan fingerprint density at radius 3 is 2.44 bits per heavy atom. The van der Waals surface area contributed by atoms with E-state index in [-0.39, 0.29) is 0 Å². The van der Waals surface area contributed by atoms with Gasteiger partial charge in [0, 0.05) is 32.6 Å². The van der Waals surface area contributed by atoms with Gasteiger partial charge in [0.05, 0.1) is 16.8 Å². The highest BCUT2D eigenvalue weighted by molar-refractivity contribution is 6.30. The van der Waals surface area contributed by atoms with Crippen LogP contribution in [0.5, 0.6) is 0 Å². The van der Waals surface area contributed by atoms with Crippen LogP contribution >= 0.6 is 11.6 Å². The van der Waals surface area contributed by atoms with E-state index in [2.05, 4.69) is 58.3 Å². The van der Waals surface area contributed by atoms with Gasteiger partial charge in [0.2, 0.25) is 0 Å². The highest BCUT2D eigenvalue weighted by atomic mass is 35.5. The molecule has 0 atom stereocenters. The minimum Gasteiger partial charge on any atom is -0.383 e. The van der Waals surface area contributed by atoms with Crippen molar-refractivity contribution in [1.82, 2.24) is 19.9 Å². The number of aryl methyl sites for hydroxylation is 1. The van der Waals surface area contributed by atoms with Gasteiger partial charge in [-0.15, -0.1) is 0 Å². The largest absolute Gasteiger partial charge is 0.383 e. The summed E-state index contributed by atoms with van der Waals surface area (Å²) in [6, 6.07) is 26.4. The van der Waals surface area contributed by atoms with Gasteiger partial charge in [-0.25, -0.2) is 15.0 Å². The summed E-state index contributed by atoms with van der Waals surface area (Å²) in [6.45, 7) is 2.10. The number of nitrogens with two attached hydrogens (primary N) is 1. The zero-order valence-corrected chi connectivity index (χ0v) is 19.1. The predicted molar refractivity (Wildman–Crippen MR) is 140 cm³/mol. The average molecular weight is 462 g/mol. The lowest BCUT2D eigenvalue weighted by atomic mass is 9.94. The number of anilines is 1. The maximum atomic E-state index is 6.42. The first-order valence-corrected chi connectivity index (χ1v) is 11.3. The molecular weight excluding hydrogens is 442 g/mol. The normalized spacial score (nSPS) is 11.4. The highest BCUT2D eigenvalue weighted by Gasteiger charge is 2.21.